The quantitative estimate of drug-likeness (QED) is 0.472. The lowest BCUT2D eigenvalue weighted by Crippen LogP contribution is -2.42. The summed E-state index contributed by atoms with van der Waals surface area (Å²) in [4.78, 5) is 17.0. The van der Waals surface area contributed by atoms with E-state index in [0.717, 1.165) is 5.56 Å². The molecule has 34 heavy (non-hydrogen) atoms. The number of amides is 1. The van der Waals surface area contributed by atoms with Crippen LogP contribution in [0.15, 0.2) is 41.4 Å². The van der Waals surface area contributed by atoms with Gasteiger partial charge in [-0.3, -0.25) is 4.79 Å². The average molecular weight is 494 g/mol. The number of hydrogen-bond donors (Lipinski definition) is 1. The molecule has 0 bridgehead atoms. The summed E-state index contributed by atoms with van der Waals surface area (Å²) in [5.74, 6) is 0.961. The molecular formula is C23H31N3O7S. The fourth-order valence-corrected chi connectivity index (χ4v) is 5.13. The molecule has 0 spiro atoms. The monoisotopic (exact) mass is 493 g/mol. The van der Waals surface area contributed by atoms with Crippen LogP contribution >= 0.6 is 0 Å². The van der Waals surface area contributed by atoms with E-state index in [-0.39, 0.29) is 29.8 Å². The Labute approximate surface area is 200 Å². The Bertz CT molecular complexity index is 1050. The summed E-state index contributed by atoms with van der Waals surface area (Å²) in [5, 5.41) is 2.92. The maximum Gasteiger partial charge on any atom is 0.243 e. The fourth-order valence-electron chi connectivity index (χ4n) is 3.65. The first-order valence-corrected chi connectivity index (χ1v) is 12.4. The van der Waals surface area contributed by atoms with Crippen LogP contribution in [0.1, 0.15) is 18.4 Å². The summed E-state index contributed by atoms with van der Waals surface area (Å²) in [7, 11) is 0.853. The highest BCUT2D eigenvalue weighted by Crippen LogP contribution is 2.32. The lowest BCUT2D eigenvalue weighted by atomic mass is 9.97. The second-order valence-corrected chi connectivity index (χ2v) is 9.70. The van der Waals surface area contributed by atoms with E-state index in [1.807, 2.05) is 6.07 Å². The second kappa shape index (κ2) is 12.0. The van der Waals surface area contributed by atoms with Gasteiger partial charge in [0.25, 0.3) is 0 Å². The highest BCUT2D eigenvalue weighted by atomic mass is 32.2. The number of nitrogens with zero attached hydrogens (tertiary/aromatic N) is 2. The molecule has 1 amide bonds. The summed E-state index contributed by atoms with van der Waals surface area (Å²) in [5.41, 5.74) is 0.848. The van der Waals surface area contributed by atoms with E-state index in [1.165, 1.54) is 30.7 Å². The van der Waals surface area contributed by atoms with Crippen LogP contribution in [0.2, 0.25) is 0 Å². The van der Waals surface area contributed by atoms with Gasteiger partial charge in [-0.2, -0.15) is 4.31 Å². The minimum Gasteiger partial charge on any atom is -0.493 e. The van der Waals surface area contributed by atoms with Crippen molar-refractivity contribution in [1.82, 2.24) is 14.6 Å². The van der Waals surface area contributed by atoms with Gasteiger partial charge in [-0.15, -0.1) is 0 Å². The second-order valence-electron chi connectivity index (χ2n) is 7.76. The van der Waals surface area contributed by atoms with Crippen molar-refractivity contribution in [3.63, 3.8) is 0 Å². The number of methoxy groups -OCH3 is 3. The molecular weight excluding hydrogens is 462 g/mol. The van der Waals surface area contributed by atoms with Crippen LogP contribution in [0.5, 0.6) is 17.4 Å². The summed E-state index contributed by atoms with van der Waals surface area (Å²) in [6, 6.07) is 8.10. The number of nitrogens with one attached hydrogen (secondary N) is 1. The molecule has 3 rings (SSSR count). The molecule has 1 fully saturated rings. The van der Waals surface area contributed by atoms with Gasteiger partial charge in [-0.1, -0.05) is 6.07 Å². The van der Waals surface area contributed by atoms with Crippen LogP contribution in [0.4, 0.5) is 0 Å². The Morgan fingerprint density at radius 2 is 1.79 bits per heavy atom. The first-order chi connectivity index (χ1) is 16.4. The maximum atomic E-state index is 13.1. The topological polar surface area (TPSA) is 116 Å². The van der Waals surface area contributed by atoms with Gasteiger partial charge in [-0.05, 0) is 30.5 Å². The van der Waals surface area contributed by atoms with E-state index in [0.29, 0.717) is 50.0 Å². The van der Waals surface area contributed by atoms with Gasteiger partial charge in [0, 0.05) is 51.0 Å². The SMILES string of the molecule is COCCOc1ccc(CNC(=O)C2CCN(S(=O)(=O)c3ccc(OC)c(OC)c3)CC2)cn1. The van der Waals surface area contributed by atoms with Crippen molar-refractivity contribution in [2.75, 3.05) is 47.6 Å². The van der Waals surface area contributed by atoms with Gasteiger partial charge in [0.15, 0.2) is 11.5 Å². The molecule has 1 aliphatic heterocycles. The summed E-state index contributed by atoms with van der Waals surface area (Å²) in [6.07, 6.45) is 2.55. The molecule has 0 atom stereocenters. The van der Waals surface area contributed by atoms with Crippen molar-refractivity contribution < 1.29 is 32.2 Å². The summed E-state index contributed by atoms with van der Waals surface area (Å²) >= 11 is 0. The number of sulfonamides is 1. The van der Waals surface area contributed by atoms with Gasteiger partial charge in [0.2, 0.25) is 21.8 Å². The van der Waals surface area contributed by atoms with E-state index in [1.54, 1.807) is 25.4 Å². The van der Waals surface area contributed by atoms with E-state index in [2.05, 4.69) is 10.3 Å². The third-order valence-electron chi connectivity index (χ3n) is 5.62. The van der Waals surface area contributed by atoms with Gasteiger partial charge in [0.1, 0.15) is 6.61 Å². The van der Waals surface area contributed by atoms with Gasteiger partial charge < -0.3 is 24.3 Å². The van der Waals surface area contributed by atoms with E-state index >= 15 is 0 Å². The first-order valence-electron chi connectivity index (χ1n) is 11.0. The molecule has 1 aromatic heterocycles. The van der Waals surface area contributed by atoms with Crippen LogP contribution < -0.4 is 19.5 Å². The molecule has 11 heteroatoms. The largest absolute Gasteiger partial charge is 0.493 e. The van der Waals surface area contributed by atoms with Crippen LogP contribution in [0.3, 0.4) is 0 Å². The molecule has 10 nitrogen and oxygen atoms in total. The lowest BCUT2D eigenvalue weighted by molar-refractivity contribution is -0.126. The lowest BCUT2D eigenvalue weighted by Gasteiger charge is -2.30. The molecule has 186 valence electrons. The number of rotatable bonds is 11. The predicted octanol–water partition coefficient (Wildman–Crippen LogP) is 1.84. The smallest absolute Gasteiger partial charge is 0.243 e. The van der Waals surface area contributed by atoms with Crippen molar-refractivity contribution in [1.29, 1.82) is 0 Å². The first kappa shape index (κ1) is 25.7. The maximum absolute atomic E-state index is 13.1. The van der Waals surface area contributed by atoms with Crippen molar-refractivity contribution in [3.8, 4) is 17.4 Å². The van der Waals surface area contributed by atoms with Gasteiger partial charge in [0.05, 0.1) is 25.7 Å². The van der Waals surface area contributed by atoms with Crippen molar-refractivity contribution in [3.05, 3.63) is 42.1 Å². The van der Waals surface area contributed by atoms with Crippen molar-refractivity contribution in [2.24, 2.45) is 5.92 Å². The predicted molar refractivity (Wildman–Crippen MR) is 124 cm³/mol. The zero-order valence-electron chi connectivity index (χ0n) is 19.7. The normalized spacial score (nSPS) is 15.0. The number of carbonyl (C=O) groups is 1. The zero-order chi connectivity index (χ0) is 24.6. The average Bonchev–Trinajstić information content (AvgIpc) is 2.87. The number of pyridine rings is 1. The molecule has 2 aromatic rings. The van der Waals surface area contributed by atoms with E-state index < -0.39 is 10.0 Å². The summed E-state index contributed by atoms with van der Waals surface area (Å²) in [6.45, 7) is 1.77. The number of hydrogen-bond acceptors (Lipinski definition) is 8. The molecule has 0 saturated carbocycles. The molecule has 0 radical (unpaired) electrons. The van der Waals surface area contributed by atoms with Crippen LogP contribution in [0, 0.1) is 5.92 Å². The highest BCUT2D eigenvalue weighted by Gasteiger charge is 2.32. The Kier molecular flexibility index (Phi) is 9.08. The van der Waals surface area contributed by atoms with E-state index in [4.69, 9.17) is 18.9 Å². The highest BCUT2D eigenvalue weighted by molar-refractivity contribution is 7.89. The molecule has 0 unspecified atom stereocenters. The van der Waals surface area contributed by atoms with Gasteiger partial charge >= 0.3 is 0 Å². The zero-order valence-corrected chi connectivity index (χ0v) is 20.5. The minimum absolute atomic E-state index is 0.0939. The minimum atomic E-state index is -3.70. The number of ether oxygens (including phenoxy) is 4. The van der Waals surface area contributed by atoms with Crippen LogP contribution in [-0.2, 0) is 26.1 Å². The Morgan fingerprint density at radius 1 is 1.06 bits per heavy atom. The molecule has 1 aliphatic rings. The standard InChI is InChI=1S/C23H31N3O7S/c1-30-12-13-33-22-7-4-17(15-24-22)16-25-23(27)18-8-10-26(11-9-18)34(28,29)19-5-6-20(31-2)21(14-19)32-3/h4-7,14-15,18H,8-13,16H2,1-3H3,(H,25,27). The molecule has 0 aliphatic carbocycles. The van der Waals surface area contributed by atoms with Crippen LogP contribution in [-0.4, -0.2) is 71.2 Å². The Hall–Kier alpha value is -2.89. The summed E-state index contributed by atoms with van der Waals surface area (Å²) < 4.78 is 48.3. The number of piperidine rings is 1. The number of aromatic nitrogens is 1. The third-order valence-corrected chi connectivity index (χ3v) is 7.51. The molecule has 1 saturated heterocycles. The Morgan fingerprint density at radius 3 is 2.41 bits per heavy atom. The molecule has 2 heterocycles. The fraction of sp³-hybridized carbons (Fsp3) is 0.478. The van der Waals surface area contributed by atoms with Crippen molar-refractivity contribution in [2.45, 2.75) is 24.3 Å². The Balaban J connectivity index is 1.50. The number of carbonyl (C=O) groups excluding carboxylic acids is 1. The van der Waals surface area contributed by atoms with Crippen LogP contribution in [0.25, 0.3) is 0 Å². The van der Waals surface area contributed by atoms with E-state index in [9.17, 15) is 13.2 Å². The van der Waals surface area contributed by atoms with Gasteiger partial charge in [-0.25, -0.2) is 13.4 Å². The van der Waals surface area contributed by atoms with Crippen molar-refractivity contribution >= 4 is 15.9 Å². The third kappa shape index (κ3) is 6.37. The number of benzene rings is 1. The molecule has 1 aromatic carbocycles. The molecule has 1 N–H and O–H groups in total.